The quantitative estimate of drug-likeness (QED) is 0.0753. The van der Waals surface area contributed by atoms with Gasteiger partial charge in [-0.15, -0.1) is 5.10 Å². The topological polar surface area (TPSA) is 162 Å². The Hall–Kier alpha value is -6.21. The number of hydrazine groups is 1. The van der Waals surface area contributed by atoms with Crippen molar-refractivity contribution in [2.24, 2.45) is 10.8 Å². The van der Waals surface area contributed by atoms with Gasteiger partial charge in [-0.25, -0.2) is 5.53 Å². The van der Waals surface area contributed by atoms with Crippen LogP contribution in [0, 0.1) is 0 Å². The number of fused-ring (bicyclic) bond motifs is 2. The molecule has 6 rings (SSSR count). The van der Waals surface area contributed by atoms with Gasteiger partial charge >= 0.3 is 0 Å². The summed E-state index contributed by atoms with van der Waals surface area (Å²) in [5, 5.41) is 7.40. The molecule has 0 radical (unpaired) electrons. The second-order valence-electron chi connectivity index (χ2n) is 11.9. The number of hydrogen-bond donors (Lipinski definition) is 4. The number of ether oxygens (including phenoxy) is 4. The summed E-state index contributed by atoms with van der Waals surface area (Å²) < 4.78 is 27.6. The molecule has 2 heterocycles. The molecule has 13 nitrogen and oxygen atoms in total. The van der Waals surface area contributed by atoms with E-state index in [1.54, 1.807) is 50.6 Å². The Bertz CT molecular complexity index is 2130. The molecule has 51 heavy (non-hydrogen) atoms. The number of rotatable bonds is 13. The first-order valence-electron chi connectivity index (χ1n) is 16.3. The second kappa shape index (κ2) is 15.6. The minimum Gasteiger partial charge on any atom is -0.493 e. The van der Waals surface area contributed by atoms with Gasteiger partial charge in [-0.1, -0.05) is 24.3 Å². The van der Waals surface area contributed by atoms with Crippen LogP contribution >= 0.6 is 0 Å². The number of amides is 1. The number of methoxy groups -OCH3 is 4. The number of nitrogens with one attached hydrogen (secondary N) is 3. The summed E-state index contributed by atoms with van der Waals surface area (Å²) in [6.07, 6.45) is 1.87. The van der Waals surface area contributed by atoms with E-state index in [9.17, 15) is 9.59 Å². The minimum atomic E-state index is -0.656. The van der Waals surface area contributed by atoms with Gasteiger partial charge in [0.25, 0.3) is 5.91 Å². The minimum absolute atomic E-state index is 0.0366. The monoisotopic (exact) mass is 692 g/mol. The Morgan fingerprint density at radius 3 is 2.25 bits per heavy atom. The van der Waals surface area contributed by atoms with E-state index >= 15 is 0 Å². The summed E-state index contributed by atoms with van der Waals surface area (Å²) in [5.41, 5.74) is 17.3. The van der Waals surface area contributed by atoms with Gasteiger partial charge in [0.15, 0.2) is 40.0 Å². The van der Waals surface area contributed by atoms with Crippen molar-refractivity contribution in [3.05, 3.63) is 117 Å². The van der Waals surface area contributed by atoms with Crippen LogP contribution in [0.5, 0.6) is 23.0 Å². The van der Waals surface area contributed by atoms with Crippen LogP contribution in [0.25, 0.3) is 11.0 Å². The van der Waals surface area contributed by atoms with Gasteiger partial charge < -0.3 is 34.4 Å². The number of amidine groups is 1. The second-order valence-corrected chi connectivity index (χ2v) is 11.9. The zero-order valence-electron chi connectivity index (χ0n) is 28.9. The first kappa shape index (κ1) is 34.6. The Morgan fingerprint density at radius 2 is 1.53 bits per heavy atom. The Kier molecular flexibility index (Phi) is 10.6. The molecule has 1 aliphatic heterocycles. The lowest BCUT2D eigenvalue weighted by Gasteiger charge is -2.29. The van der Waals surface area contributed by atoms with E-state index in [2.05, 4.69) is 50.5 Å². The predicted octanol–water partition coefficient (Wildman–Crippen LogP) is 4.92. The SMILES string of the molecule is COc1cc2c(cc1OC)CN(CCc1ccc(NNN=C(N)c3cc(OC)c(OC)cc3NC(=O)c3cc(=O)c4ccccc4o3)cc1)CC2. The highest BCUT2D eigenvalue weighted by Crippen LogP contribution is 2.35. The van der Waals surface area contributed by atoms with Gasteiger partial charge in [-0.05, 0) is 72.0 Å². The third-order valence-corrected chi connectivity index (χ3v) is 8.75. The fourth-order valence-corrected chi connectivity index (χ4v) is 5.98. The highest BCUT2D eigenvalue weighted by Gasteiger charge is 2.21. The summed E-state index contributed by atoms with van der Waals surface area (Å²) in [5.74, 6) is 1.46. The van der Waals surface area contributed by atoms with E-state index in [1.807, 2.05) is 12.1 Å². The molecule has 0 bridgehead atoms. The van der Waals surface area contributed by atoms with Crippen LogP contribution in [0.1, 0.15) is 32.8 Å². The maximum Gasteiger partial charge on any atom is 0.291 e. The van der Waals surface area contributed by atoms with E-state index < -0.39 is 5.91 Å². The Balaban J connectivity index is 1.09. The van der Waals surface area contributed by atoms with Crippen LogP contribution in [-0.4, -0.2) is 58.2 Å². The molecule has 0 aliphatic carbocycles. The highest BCUT2D eigenvalue weighted by atomic mass is 16.5. The lowest BCUT2D eigenvalue weighted by atomic mass is 9.98. The summed E-state index contributed by atoms with van der Waals surface area (Å²) in [7, 11) is 6.28. The van der Waals surface area contributed by atoms with Crippen molar-refractivity contribution in [1.29, 1.82) is 0 Å². The largest absolute Gasteiger partial charge is 0.493 e. The third kappa shape index (κ3) is 7.84. The third-order valence-electron chi connectivity index (χ3n) is 8.75. The first-order chi connectivity index (χ1) is 24.8. The van der Waals surface area contributed by atoms with Crippen LogP contribution < -0.4 is 46.4 Å². The van der Waals surface area contributed by atoms with Gasteiger partial charge in [0.1, 0.15) is 5.58 Å². The molecular formula is C38H40N6O7. The molecule has 0 atom stereocenters. The molecule has 0 unspecified atom stereocenters. The fraction of sp³-hybridized carbons (Fsp3) is 0.237. The molecule has 0 spiro atoms. The van der Waals surface area contributed by atoms with Crippen LogP contribution in [0.2, 0.25) is 0 Å². The van der Waals surface area contributed by atoms with Gasteiger partial charge in [-0.3, -0.25) is 19.9 Å². The molecular weight excluding hydrogens is 652 g/mol. The number of anilines is 2. The molecule has 0 saturated heterocycles. The number of hydrogen-bond acceptors (Lipinski definition) is 11. The van der Waals surface area contributed by atoms with Gasteiger partial charge in [0.05, 0.1) is 45.2 Å². The maximum absolute atomic E-state index is 13.3. The number of nitrogens with two attached hydrogens (primary N) is 1. The first-order valence-corrected chi connectivity index (χ1v) is 16.3. The van der Waals surface area contributed by atoms with Gasteiger partial charge in [-0.2, -0.15) is 0 Å². The molecule has 264 valence electrons. The zero-order chi connectivity index (χ0) is 35.9. The highest BCUT2D eigenvalue weighted by molar-refractivity contribution is 6.09. The summed E-state index contributed by atoms with van der Waals surface area (Å²) in [6, 6.07) is 23.2. The van der Waals surface area contributed by atoms with Crippen molar-refractivity contribution in [2.45, 2.75) is 19.4 Å². The Morgan fingerprint density at radius 1 is 0.863 bits per heavy atom. The fourth-order valence-electron chi connectivity index (χ4n) is 5.98. The molecule has 1 amide bonds. The number of carbonyl (C=O) groups excluding carboxylic acids is 1. The van der Waals surface area contributed by atoms with Gasteiger partial charge in [0.2, 0.25) is 0 Å². The zero-order valence-corrected chi connectivity index (χ0v) is 28.9. The van der Waals surface area contributed by atoms with Crippen molar-refractivity contribution in [3.63, 3.8) is 0 Å². The van der Waals surface area contributed by atoms with Crippen molar-refractivity contribution in [3.8, 4) is 23.0 Å². The maximum atomic E-state index is 13.3. The molecule has 0 fully saturated rings. The molecule has 1 aliphatic rings. The van der Waals surface area contributed by atoms with Crippen molar-refractivity contribution >= 4 is 34.1 Å². The number of hydrazone groups is 1. The average Bonchev–Trinajstić information content (AvgIpc) is 3.16. The normalized spacial score (nSPS) is 12.9. The van der Waals surface area contributed by atoms with Crippen molar-refractivity contribution in [2.75, 3.05) is 52.3 Å². The predicted molar refractivity (Wildman–Crippen MR) is 196 cm³/mol. The van der Waals surface area contributed by atoms with E-state index in [-0.39, 0.29) is 22.7 Å². The molecule has 0 saturated carbocycles. The average molecular weight is 693 g/mol. The summed E-state index contributed by atoms with van der Waals surface area (Å²) in [6.45, 7) is 2.78. The molecule has 1 aromatic heterocycles. The van der Waals surface area contributed by atoms with Crippen LogP contribution in [-0.2, 0) is 19.4 Å². The lowest BCUT2D eigenvalue weighted by molar-refractivity contribution is 0.0997. The molecule has 4 aromatic carbocycles. The smallest absolute Gasteiger partial charge is 0.291 e. The number of para-hydroxylation sites is 1. The number of carbonyl (C=O) groups is 1. The van der Waals surface area contributed by atoms with E-state index in [0.29, 0.717) is 28.0 Å². The molecule has 13 heteroatoms. The molecule has 5 N–H and O–H groups in total. The standard InChI is InChI=1S/C38H40N6O7/c1-47-32-17-24-14-16-44(22-25(24)18-33(32)48-2)15-13-23-9-11-26(12-10-23)41-43-42-37(39)28-19-34(49-3)35(50-4)20-29(28)40-38(46)36-21-30(45)27-7-5-6-8-31(27)51-36/h5-12,17-21,41,43H,13-16,22H2,1-4H3,(H2,39,42)(H,40,46). The van der Waals surface area contributed by atoms with E-state index in [0.717, 1.165) is 55.7 Å². The van der Waals surface area contributed by atoms with Crippen LogP contribution in [0.4, 0.5) is 11.4 Å². The number of benzene rings is 4. The van der Waals surface area contributed by atoms with E-state index in [4.69, 9.17) is 29.1 Å². The Labute approximate surface area is 294 Å². The lowest BCUT2D eigenvalue weighted by Crippen LogP contribution is -2.32. The summed E-state index contributed by atoms with van der Waals surface area (Å²) >= 11 is 0. The number of nitrogens with zero attached hydrogens (tertiary/aromatic N) is 2. The van der Waals surface area contributed by atoms with E-state index in [1.165, 1.54) is 30.9 Å². The van der Waals surface area contributed by atoms with Gasteiger partial charge in [0, 0.05) is 37.3 Å². The molecule has 5 aromatic rings. The summed E-state index contributed by atoms with van der Waals surface area (Å²) in [4.78, 5) is 28.3. The van der Waals surface area contributed by atoms with Crippen molar-refractivity contribution in [1.82, 2.24) is 10.4 Å². The van der Waals surface area contributed by atoms with Crippen molar-refractivity contribution < 1.29 is 28.2 Å². The van der Waals surface area contributed by atoms with Crippen LogP contribution in [0.3, 0.4) is 0 Å². The van der Waals surface area contributed by atoms with Crippen LogP contribution in [0.15, 0.2) is 93.2 Å².